The van der Waals surface area contributed by atoms with E-state index in [4.69, 9.17) is 4.74 Å². The van der Waals surface area contributed by atoms with Crippen molar-refractivity contribution < 1.29 is 9.53 Å². The summed E-state index contributed by atoms with van der Waals surface area (Å²) in [5.41, 5.74) is 1.56. The number of para-hydroxylation sites is 1. The van der Waals surface area contributed by atoms with Gasteiger partial charge in [0.1, 0.15) is 12.4 Å². The fourth-order valence-corrected chi connectivity index (χ4v) is 2.11. The van der Waals surface area contributed by atoms with E-state index in [2.05, 4.69) is 10.6 Å². The smallest absolute Gasteiger partial charge is 0.251 e. The molecule has 0 heterocycles. The Morgan fingerprint density at radius 1 is 1.00 bits per heavy atom. The minimum Gasteiger partial charge on any atom is -0.489 e. The second-order valence-corrected chi connectivity index (χ2v) is 4.97. The predicted octanol–water partition coefficient (Wildman–Crippen LogP) is 3.03. The summed E-state index contributed by atoms with van der Waals surface area (Å²) < 4.78 is 5.74. The van der Waals surface area contributed by atoms with Crippen molar-refractivity contribution in [2.45, 2.75) is 13.0 Å². The highest BCUT2D eigenvalue weighted by Crippen LogP contribution is 2.14. The molecule has 2 rings (SSSR count). The molecule has 1 amide bonds. The van der Waals surface area contributed by atoms with Crippen molar-refractivity contribution in [1.29, 1.82) is 0 Å². The maximum atomic E-state index is 12.3. The van der Waals surface area contributed by atoms with Crippen LogP contribution in [0.5, 0.6) is 5.75 Å². The van der Waals surface area contributed by atoms with Crippen LogP contribution in [-0.2, 0) is 6.61 Å². The fraction of sp³-hybridized carbons (Fsp3) is 0.278. The van der Waals surface area contributed by atoms with Gasteiger partial charge in [0.25, 0.3) is 5.91 Å². The molecule has 0 fully saturated rings. The summed E-state index contributed by atoms with van der Waals surface area (Å²) >= 11 is 0. The van der Waals surface area contributed by atoms with E-state index in [0.29, 0.717) is 18.7 Å². The summed E-state index contributed by atoms with van der Waals surface area (Å²) in [5, 5.41) is 6.00. The lowest BCUT2D eigenvalue weighted by Crippen LogP contribution is -2.27. The zero-order chi connectivity index (χ0) is 15.6. The molecule has 2 aromatic rings. The quantitative estimate of drug-likeness (QED) is 0.730. The Bertz CT molecular complexity index is 591. The number of carbonyl (C=O) groups is 1. The minimum atomic E-state index is -0.0524. The van der Waals surface area contributed by atoms with E-state index in [1.165, 1.54) is 0 Å². The third kappa shape index (κ3) is 6.30. The first kappa shape index (κ1) is 19.0. The number of amides is 1. The summed E-state index contributed by atoms with van der Waals surface area (Å²) in [6.07, 6.45) is 0.908. The van der Waals surface area contributed by atoms with Gasteiger partial charge in [0, 0.05) is 17.7 Å². The predicted molar refractivity (Wildman–Crippen MR) is 95.3 cm³/mol. The molecule has 0 saturated heterocycles. The molecule has 23 heavy (non-hydrogen) atoms. The summed E-state index contributed by atoms with van der Waals surface area (Å²) in [6.45, 7) is 1.93. The van der Waals surface area contributed by atoms with Crippen LogP contribution in [0.1, 0.15) is 22.3 Å². The van der Waals surface area contributed by atoms with Crippen molar-refractivity contribution in [2.75, 3.05) is 20.1 Å². The molecule has 0 bridgehead atoms. The van der Waals surface area contributed by atoms with E-state index in [-0.39, 0.29) is 18.3 Å². The van der Waals surface area contributed by atoms with Gasteiger partial charge in [-0.1, -0.05) is 36.4 Å². The van der Waals surface area contributed by atoms with Gasteiger partial charge in [0.2, 0.25) is 0 Å². The van der Waals surface area contributed by atoms with Crippen LogP contribution < -0.4 is 15.4 Å². The minimum absolute atomic E-state index is 0. The first-order valence-corrected chi connectivity index (χ1v) is 7.50. The summed E-state index contributed by atoms with van der Waals surface area (Å²) in [6, 6.07) is 17.1. The molecule has 0 radical (unpaired) electrons. The van der Waals surface area contributed by atoms with Crippen LogP contribution in [0, 0.1) is 0 Å². The molecule has 0 aliphatic heterocycles. The van der Waals surface area contributed by atoms with Crippen LogP contribution in [0.15, 0.2) is 54.6 Å². The summed E-state index contributed by atoms with van der Waals surface area (Å²) in [5.74, 6) is 0.745. The zero-order valence-corrected chi connectivity index (χ0v) is 14.1. The Balaban J connectivity index is 0.00000264. The van der Waals surface area contributed by atoms with E-state index < -0.39 is 0 Å². The highest BCUT2D eigenvalue weighted by molar-refractivity contribution is 5.95. The van der Waals surface area contributed by atoms with Gasteiger partial charge in [-0.3, -0.25) is 4.79 Å². The average Bonchev–Trinajstić information content (AvgIpc) is 2.58. The SMILES string of the molecule is CNCCCNC(=O)c1ccccc1COc1ccccc1.Cl. The van der Waals surface area contributed by atoms with Crippen LogP contribution in [0.2, 0.25) is 0 Å². The van der Waals surface area contributed by atoms with Crippen molar-refractivity contribution in [1.82, 2.24) is 10.6 Å². The molecule has 0 aliphatic carbocycles. The largest absolute Gasteiger partial charge is 0.489 e. The number of benzene rings is 2. The third-order valence-corrected chi connectivity index (χ3v) is 3.29. The van der Waals surface area contributed by atoms with Gasteiger partial charge in [0.05, 0.1) is 0 Å². The van der Waals surface area contributed by atoms with E-state index in [9.17, 15) is 4.79 Å². The maximum Gasteiger partial charge on any atom is 0.251 e. The molecule has 0 aromatic heterocycles. The molecular weight excluding hydrogens is 312 g/mol. The second kappa shape index (κ2) is 10.6. The second-order valence-electron chi connectivity index (χ2n) is 4.97. The van der Waals surface area contributed by atoms with E-state index >= 15 is 0 Å². The van der Waals surface area contributed by atoms with Crippen LogP contribution >= 0.6 is 12.4 Å². The molecule has 0 spiro atoms. The van der Waals surface area contributed by atoms with E-state index in [1.54, 1.807) is 0 Å². The lowest BCUT2D eigenvalue weighted by molar-refractivity contribution is 0.0950. The van der Waals surface area contributed by atoms with Crippen molar-refractivity contribution in [3.05, 3.63) is 65.7 Å². The highest BCUT2D eigenvalue weighted by atomic mass is 35.5. The standard InChI is InChI=1S/C18H22N2O2.ClH/c1-19-12-7-13-20-18(21)17-11-6-5-8-15(17)14-22-16-9-3-2-4-10-16;/h2-6,8-11,19H,7,12-14H2,1H3,(H,20,21);1H. The zero-order valence-electron chi connectivity index (χ0n) is 13.2. The van der Waals surface area contributed by atoms with Gasteiger partial charge in [-0.25, -0.2) is 0 Å². The van der Waals surface area contributed by atoms with Crippen molar-refractivity contribution in [3.8, 4) is 5.75 Å². The molecule has 124 valence electrons. The third-order valence-electron chi connectivity index (χ3n) is 3.29. The monoisotopic (exact) mass is 334 g/mol. The molecule has 4 nitrogen and oxygen atoms in total. The molecule has 2 aromatic carbocycles. The molecule has 0 unspecified atom stereocenters. The number of ether oxygens (including phenoxy) is 1. The molecule has 0 aliphatic rings. The van der Waals surface area contributed by atoms with Gasteiger partial charge < -0.3 is 15.4 Å². The van der Waals surface area contributed by atoms with E-state index in [0.717, 1.165) is 24.3 Å². The number of rotatable bonds is 8. The molecule has 2 N–H and O–H groups in total. The van der Waals surface area contributed by atoms with Gasteiger partial charge in [-0.05, 0) is 38.2 Å². The van der Waals surface area contributed by atoms with Gasteiger partial charge in [-0.15, -0.1) is 12.4 Å². The normalized spacial score (nSPS) is 9.78. The van der Waals surface area contributed by atoms with E-state index in [1.807, 2.05) is 61.6 Å². The van der Waals surface area contributed by atoms with Crippen LogP contribution in [0.3, 0.4) is 0 Å². The molecule has 0 atom stereocenters. The Labute approximate surface area is 143 Å². The van der Waals surface area contributed by atoms with Crippen LogP contribution in [-0.4, -0.2) is 26.0 Å². The topological polar surface area (TPSA) is 50.4 Å². The number of nitrogens with one attached hydrogen (secondary N) is 2. The Morgan fingerprint density at radius 3 is 2.43 bits per heavy atom. The van der Waals surface area contributed by atoms with Gasteiger partial charge in [0.15, 0.2) is 0 Å². The average molecular weight is 335 g/mol. The first-order valence-electron chi connectivity index (χ1n) is 7.50. The maximum absolute atomic E-state index is 12.3. The lowest BCUT2D eigenvalue weighted by Gasteiger charge is -2.11. The lowest BCUT2D eigenvalue weighted by atomic mass is 10.1. The van der Waals surface area contributed by atoms with Crippen molar-refractivity contribution >= 4 is 18.3 Å². The molecular formula is C18H23ClN2O2. The number of carbonyl (C=O) groups excluding carboxylic acids is 1. The Morgan fingerprint density at radius 2 is 1.70 bits per heavy atom. The number of hydrogen-bond donors (Lipinski definition) is 2. The van der Waals surface area contributed by atoms with Crippen LogP contribution in [0.25, 0.3) is 0 Å². The summed E-state index contributed by atoms with van der Waals surface area (Å²) in [7, 11) is 1.90. The van der Waals surface area contributed by atoms with Crippen LogP contribution in [0.4, 0.5) is 0 Å². The number of hydrogen-bond acceptors (Lipinski definition) is 3. The Hall–Kier alpha value is -2.04. The number of halogens is 1. The van der Waals surface area contributed by atoms with Gasteiger partial charge in [-0.2, -0.15) is 0 Å². The van der Waals surface area contributed by atoms with Gasteiger partial charge >= 0.3 is 0 Å². The molecule has 5 heteroatoms. The highest BCUT2D eigenvalue weighted by Gasteiger charge is 2.10. The van der Waals surface area contributed by atoms with Crippen molar-refractivity contribution in [3.63, 3.8) is 0 Å². The fourth-order valence-electron chi connectivity index (χ4n) is 2.11. The summed E-state index contributed by atoms with van der Waals surface area (Å²) in [4.78, 5) is 12.3. The van der Waals surface area contributed by atoms with Crippen molar-refractivity contribution in [2.24, 2.45) is 0 Å². The molecule has 0 saturated carbocycles. The Kier molecular flexibility index (Phi) is 8.80. The first-order chi connectivity index (χ1) is 10.8.